The molecular formula is C15H23NO. The molecule has 94 valence electrons. The van der Waals surface area contributed by atoms with Crippen molar-refractivity contribution in [3.05, 3.63) is 30.3 Å². The summed E-state index contributed by atoms with van der Waals surface area (Å²) in [5, 5.41) is 0. The normalized spacial score (nSPS) is 23.3. The Balaban J connectivity index is 1.82. The van der Waals surface area contributed by atoms with E-state index in [4.69, 9.17) is 4.74 Å². The Labute approximate surface area is 105 Å². The molecule has 0 aliphatic carbocycles. The second kappa shape index (κ2) is 6.06. The maximum Gasteiger partial charge on any atom is 0.119 e. The fourth-order valence-electron chi connectivity index (χ4n) is 2.60. The van der Waals surface area contributed by atoms with Crippen molar-refractivity contribution in [2.75, 3.05) is 13.2 Å². The van der Waals surface area contributed by atoms with Crippen LogP contribution in [0.25, 0.3) is 0 Å². The summed E-state index contributed by atoms with van der Waals surface area (Å²) in [5.74, 6) is 0.976. The van der Waals surface area contributed by atoms with E-state index in [-0.39, 0.29) is 0 Å². The predicted molar refractivity (Wildman–Crippen MR) is 71.4 cm³/mol. The van der Waals surface area contributed by atoms with Crippen molar-refractivity contribution in [1.29, 1.82) is 0 Å². The number of nitrogens with zero attached hydrogens (tertiary/aromatic N) is 1. The molecule has 2 atom stereocenters. The summed E-state index contributed by atoms with van der Waals surface area (Å²) in [4.78, 5) is 2.58. The summed E-state index contributed by atoms with van der Waals surface area (Å²) in [6.07, 6.45) is 4.04. The molecule has 0 radical (unpaired) electrons. The molecule has 0 bridgehead atoms. The molecule has 2 rings (SSSR count). The second-order valence-corrected chi connectivity index (χ2v) is 5.06. The molecule has 1 unspecified atom stereocenters. The van der Waals surface area contributed by atoms with Gasteiger partial charge >= 0.3 is 0 Å². The van der Waals surface area contributed by atoms with Gasteiger partial charge in [-0.3, -0.25) is 4.90 Å². The molecule has 1 aliphatic heterocycles. The van der Waals surface area contributed by atoms with Crippen LogP contribution in [0.3, 0.4) is 0 Å². The monoisotopic (exact) mass is 233 g/mol. The molecule has 1 aromatic carbocycles. The van der Waals surface area contributed by atoms with Gasteiger partial charge in [0.15, 0.2) is 0 Å². The van der Waals surface area contributed by atoms with Gasteiger partial charge in [0.1, 0.15) is 12.4 Å². The Morgan fingerprint density at radius 1 is 1.29 bits per heavy atom. The fraction of sp³-hybridized carbons (Fsp3) is 0.600. The first-order chi connectivity index (χ1) is 8.27. The minimum Gasteiger partial charge on any atom is -0.492 e. The molecule has 0 N–H and O–H groups in total. The van der Waals surface area contributed by atoms with E-state index < -0.39 is 0 Å². The largest absolute Gasteiger partial charge is 0.492 e. The predicted octanol–water partition coefficient (Wildman–Crippen LogP) is 3.33. The number of benzene rings is 1. The molecule has 0 saturated carbocycles. The highest BCUT2D eigenvalue weighted by Crippen LogP contribution is 2.19. The van der Waals surface area contributed by atoms with Crippen molar-refractivity contribution in [2.45, 2.75) is 45.2 Å². The highest BCUT2D eigenvalue weighted by atomic mass is 16.5. The number of rotatable bonds is 4. The summed E-state index contributed by atoms with van der Waals surface area (Å²) in [7, 11) is 0. The third-order valence-electron chi connectivity index (χ3n) is 3.65. The van der Waals surface area contributed by atoms with Gasteiger partial charge in [0.25, 0.3) is 0 Å². The Bertz CT molecular complexity index is 325. The van der Waals surface area contributed by atoms with Crippen LogP contribution in [0.2, 0.25) is 0 Å². The van der Waals surface area contributed by atoms with Crippen LogP contribution in [-0.4, -0.2) is 30.1 Å². The maximum atomic E-state index is 5.83. The van der Waals surface area contributed by atoms with Crippen LogP contribution in [0.1, 0.15) is 33.1 Å². The van der Waals surface area contributed by atoms with Crippen LogP contribution in [0.5, 0.6) is 5.75 Å². The Morgan fingerprint density at radius 2 is 2.06 bits per heavy atom. The van der Waals surface area contributed by atoms with Gasteiger partial charge in [-0.25, -0.2) is 0 Å². The summed E-state index contributed by atoms with van der Waals surface area (Å²) in [6, 6.07) is 11.3. The first-order valence-electron chi connectivity index (χ1n) is 6.71. The van der Waals surface area contributed by atoms with Crippen LogP contribution >= 0.6 is 0 Å². The van der Waals surface area contributed by atoms with Crippen molar-refractivity contribution in [2.24, 2.45) is 0 Å². The molecule has 1 aromatic rings. The average Bonchev–Trinajstić information content (AvgIpc) is 2.38. The highest BCUT2D eigenvalue weighted by molar-refractivity contribution is 5.20. The minimum absolute atomic E-state index is 0.505. The van der Waals surface area contributed by atoms with E-state index >= 15 is 0 Å². The number of piperidine rings is 1. The molecule has 1 saturated heterocycles. The van der Waals surface area contributed by atoms with Gasteiger partial charge in [0.05, 0.1) is 0 Å². The molecule has 1 fully saturated rings. The smallest absolute Gasteiger partial charge is 0.119 e. The summed E-state index contributed by atoms with van der Waals surface area (Å²) >= 11 is 0. The molecule has 2 heteroatoms. The fourth-order valence-corrected chi connectivity index (χ4v) is 2.60. The van der Waals surface area contributed by atoms with Crippen molar-refractivity contribution >= 4 is 0 Å². The van der Waals surface area contributed by atoms with Gasteiger partial charge in [-0.15, -0.1) is 0 Å². The van der Waals surface area contributed by atoms with Gasteiger partial charge in [-0.05, 0) is 45.4 Å². The number of likely N-dealkylation sites (tertiary alicyclic amines) is 1. The topological polar surface area (TPSA) is 12.5 Å². The molecule has 2 nitrogen and oxygen atoms in total. The van der Waals surface area contributed by atoms with E-state index in [0.717, 1.165) is 12.4 Å². The Kier molecular flexibility index (Phi) is 4.43. The summed E-state index contributed by atoms with van der Waals surface area (Å²) in [6.45, 7) is 6.61. The first kappa shape index (κ1) is 12.4. The van der Waals surface area contributed by atoms with E-state index in [0.29, 0.717) is 12.1 Å². The lowest BCUT2D eigenvalue weighted by atomic mass is 10.0. The van der Waals surface area contributed by atoms with E-state index in [2.05, 4.69) is 18.7 Å². The molecule has 1 heterocycles. The van der Waals surface area contributed by atoms with Crippen LogP contribution < -0.4 is 4.74 Å². The third kappa shape index (κ3) is 3.47. The Morgan fingerprint density at radius 3 is 2.76 bits per heavy atom. The second-order valence-electron chi connectivity index (χ2n) is 5.06. The maximum absolute atomic E-state index is 5.83. The van der Waals surface area contributed by atoms with Gasteiger partial charge in [-0.1, -0.05) is 24.6 Å². The van der Waals surface area contributed by atoms with E-state index in [1.807, 2.05) is 30.3 Å². The quantitative estimate of drug-likeness (QED) is 0.791. The van der Waals surface area contributed by atoms with Gasteiger partial charge in [0.2, 0.25) is 0 Å². The van der Waals surface area contributed by atoms with Crippen molar-refractivity contribution in [3.63, 3.8) is 0 Å². The lowest BCUT2D eigenvalue weighted by Gasteiger charge is -2.37. The van der Waals surface area contributed by atoms with E-state index in [9.17, 15) is 0 Å². The van der Waals surface area contributed by atoms with Crippen molar-refractivity contribution in [3.8, 4) is 5.75 Å². The number of hydrogen-bond acceptors (Lipinski definition) is 2. The van der Waals surface area contributed by atoms with Crippen molar-refractivity contribution in [1.82, 2.24) is 4.90 Å². The zero-order valence-corrected chi connectivity index (χ0v) is 10.9. The minimum atomic E-state index is 0.505. The molecule has 0 spiro atoms. The summed E-state index contributed by atoms with van der Waals surface area (Å²) < 4.78 is 5.83. The standard InChI is InChI=1S/C15H23NO/c1-13-8-6-7-11-16(13)14(2)12-17-15-9-4-3-5-10-15/h3-5,9-10,13-14H,6-8,11-12H2,1-2H3/t13-,14?/m1/s1. The van der Waals surface area contributed by atoms with Gasteiger partial charge in [0, 0.05) is 12.1 Å². The van der Waals surface area contributed by atoms with E-state index in [1.165, 1.54) is 25.8 Å². The number of ether oxygens (including phenoxy) is 1. The van der Waals surface area contributed by atoms with Crippen LogP contribution in [0.4, 0.5) is 0 Å². The van der Waals surface area contributed by atoms with Crippen LogP contribution in [0, 0.1) is 0 Å². The van der Waals surface area contributed by atoms with Gasteiger partial charge in [-0.2, -0.15) is 0 Å². The third-order valence-corrected chi connectivity index (χ3v) is 3.65. The number of hydrogen-bond donors (Lipinski definition) is 0. The molecule has 0 aromatic heterocycles. The lowest BCUT2D eigenvalue weighted by molar-refractivity contribution is 0.0816. The summed E-state index contributed by atoms with van der Waals surface area (Å²) in [5.41, 5.74) is 0. The first-order valence-corrected chi connectivity index (χ1v) is 6.71. The van der Waals surface area contributed by atoms with Crippen LogP contribution in [-0.2, 0) is 0 Å². The zero-order chi connectivity index (χ0) is 12.1. The van der Waals surface area contributed by atoms with Crippen LogP contribution in [0.15, 0.2) is 30.3 Å². The molecular weight excluding hydrogens is 210 g/mol. The lowest BCUT2D eigenvalue weighted by Crippen LogP contribution is -2.45. The molecule has 17 heavy (non-hydrogen) atoms. The Hall–Kier alpha value is -1.02. The van der Waals surface area contributed by atoms with E-state index in [1.54, 1.807) is 0 Å². The van der Waals surface area contributed by atoms with Gasteiger partial charge < -0.3 is 4.74 Å². The highest BCUT2D eigenvalue weighted by Gasteiger charge is 2.23. The molecule has 0 amide bonds. The molecule has 1 aliphatic rings. The SMILES string of the molecule is CC(COc1ccccc1)N1CCCC[C@H]1C. The van der Waals surface area contributed by atoms with Crippen molar-refractivity contribution < 1.29 is 4.74 Å². The number of para-hydroxylation sites is 1. The zero-order valence-electron chi connectivity index (χ0n) is 10.9. The average molecular weight is 233 g/mol.